The van der Waals surface area contributed by atoms with Crippen molar-refractivity contribution in [3.63, 3.8) is 0 Å². The van der Waals surface area contributed by atoms with Crippen LogP contribution in [0.2, 0.25) is 0 Å². The lowest BCUT2D eigenvalue weighted by atomic mass is 11.0. The molecular weight excluding hydrogens is 256 g/mol. The summed E-state index contributed by atoms with van der Waals surface area (Å²) in [6, 6.07) is 0. The third-order valence-corrected chi connectivity index (χ3v) is 5.95. The Morgan fingerprint density at radius 3 is 1.87 bits per heavy atom. The van der Waals surface area contributed by atoms with E-state index in [0.29, 0.717) is 0 Å². The maximum Gasteiger partial charge on any atom is 0.523 e. The van der Waals surface area contributed by atoms with Gasteiger partial charge in [-0.15, -0.1) is 0 Å². The Labute approximate surface area is 86.3 Å². The maximum atomic E-state index is 11.8. The van der Waals surface area contributed by atoms with Gasteiger partial charge in [-0.1, -0.05) is 13.8 Å². The fourth-order valence-electron chi connectivity index (χ4n) is 0.638. The molecule has 0 saturated heterocycles. The van der Waals surface area contributed by atoms with Gasteiger partial charge in [0, 0.05) is 12.3 Å². The van der Waals surface area contributed by atoms with Crippen LogP contribution in [0.25, 0.3) is 0 Å². The molecule has 4 nitrogen and oxygen atoms in total. The lowest BCUT2D eigenvalue weighted by molar-refractivity contribution is -0.0531. The van der Waals surface area contributed by atoms with Gasteiger partial charge in [0.15, 0.2) is 0 Å². The number of halogens is 3. The van der Waals surface area contributed by atoms with Crippen molar-refractivity contribution in [2.75, 3.05) is 18.7 Å². The second kappa shape index (κ2) is 4.84. The Balaban J connectivity index is 4.61. The van der Waals surface area contributed by atoms with Crippen molar-refractivity contribution >= 4 is 17.3 Å². The molecular formula is C6H12F3O4PS. The van der Waals surface area contributed by atoms with Gasteiger partial charge in [0.25, 0.3) is 0 Å². The summed E-state index contributed by atoms with van der Waals surface area (Å²) in [5.74, 6) is 0. The minimum absolute atomic E-state index is 0.108. The molecule has 0 amide bonds. The van der Waals surface area contributed by atoms with Crippen LogP contribution < -0.4 is 0 Å². The van der Waals surface area contributed by atoms with Crippen LogP contribution in [0.1, 0.15) is 13.8 Å². The molecule has 0 bridgehead atoms. The molecule has 0 aliphatic heterocycles. The number of hydrogen-bond donors (Lipinski definition) is 0. The predicted octanol–water partition coefficient (Wildman–Crippen LogP) is 2.21. The van der Waals surface area contributed by atoms with Gasteiger partial charge in [-0.05, 0) is 0 Å². The highest BCUT2D eigenvalue weighted by molar-refractivity contribution is 7.87. The van der Waals surface area contributed by atoms with Gasteiger partial charge in [0.1, 0.15) is 13.5 Å². The van der Waals surface area contributed by atoms with E-state index in [-0.39, 0.29) is 12.3 Å². The molecule has 15 heavy (non-hydrogen) atoms. The summed E-state index contributed by atoms with van der Waals surface area (Å²) < 4.78 is 71.7. The van der Waals surface area contributed by atoms with Crippen LogP contribution in [0.5, 0.6) is 0 Å². The molecule has 0 heterocycles. The smallest absolute Gasteiger partial charge is 0.321 e. The Bertz CT molecular complexity index is 340. The molecule has 0 aromatic rings. The zero-order valence-electron chi connectivity index (χ0n) is 8.24. The number of hydrogen-bond acceptors (Lipinski definition) is 4. The Kier molecular flexibility index (Phi) is 4.82. The molecule has 0 saturated carbocycles. The van der Waals surface area contributed by atoms with Crippen LogP contribution in [-0.4, -0.2) is 32.6 Å². The molecule has 0 spiro atoms. The molecule has 0 N–H and O–H groups in total. The summed E-state index contributed by atoms with van der Waals surface area (Å²) >= 11 is 0. The first kappa shape index (κ1) is 14.9. The van der Waals surface area contributed by atoms with Crippen molar-refractivity contribution in [2.24, 2.45) is 0 Å². The highest BCUT2D eigenvalue weighted by atomic mass is 32.2. The third-order valence-electron chi connectivity index (χ3n) is 1.88. The average molecular weight is 268 g/mol. The van der Waals surface area contributed by atoms with Gasteiger partial charge in [-0.25, -0.2) is 0 Å². The van der Waals surface area contributed by atoms with Crippen molar-refractivity contribution in [1.82, 2.24) is 0 Å². The van der Waals surface area contributed by atoms with Crippen molar-refractivity contribution in [3.05, 3.63) is 0 Å². The molecule has 0 aromatic carbocycles. The van der Waals surface area contributed by atoms with Gasteiger partial charge in [0.2, 0.25) is 0 Å². The molecule has 92 valence electrons. The van der Waals surface area contributed by atoms with Gasteiger partial charge < -0.3 is 4.57 Å². The van der Waals surface area contributed by atoms with E-state index in [0.717, 1.165) is 0 Å². The quantitative estimate of drug-likeness (QED) is 0.435. The van der Waals surface area contributed by atoms with Crippen molar-refractivity contribution in [2.45, 2.75) is 19.4 Å². The van der Waals surface area contributed by atoms with Gasteiger partial charge in [-0.2, -0.15) is 21.6 Å². The fourth-order valence-corrected chi connectivity index (χ4v) is 2.91. The molecule has 0 radical (unpaired) electrons. The molecule has 0 unspecified atom stereocenters. The Morgan fingerprint density at radius 1 is 1.20 bits per heavy atom. The van der Waals surface area contributed by atoms with Crippen molar-refractivity contribution in [3.8, 4) is 0 Å². The standard InChI is InChI=1S/C6H12F3O4PS/c1-3-14(10,4-2)5-13-15(11,12)6(7,8)9/h3-5H2,1-2H3. The largest absolute Gasteiger partial charge is 0.523 e. The summed E-state index contributed by atoms with van der Waals surface area (Å²) in [7, 11) is -8.57. The first-order valence-corrected chi connectivity index (χ1v) is 7.78. The third kappa shape index (κ3) is 4.12. The van der Waals surface area contributed by atoms with Gasteiger partial charge in [-0.3, -0.25) is 4.18 Å². The average Bonchev–Trinajstić information content (AvgIpc) is 2.13. The second-order valence-corrected chi connectivity index (χ2v) is 8.08. The molecule has 9 heteroatoms. The molecule has 0 atom stereocenters. The zero-order valence-corrected chi connectivity index (χ0v) is 9.95. The highest BCUT2D eigenvalue weighted by Crippen LogP contribution is 2.45. The lowest BCUT2D eigenvalue weighted by Crippen LogP contribution is -2.26. The van der Waals surface area contributed by atoms with Crippen molar-refractivity contribution < 1.29 is 30.3 Å². The Hall–Kier alpha value is -0.0700. The topological polar surface area (TPSA) is 60.4 Å². The van der Waals surface area contributed by atoms with E-state index in [1.54, 1.807) is 0 Å². The molecule has 0 aliphatic carbocycles. The minimum atomic E-state index is -5.62. The monoisotopic (exact) mass is 268 g/mol. The van der Waals surface area contributed by atoms with Crippen LogP contribution >= 0.6 is 7.14 Å². The van der Waals surface area contributed by atoms with E-state index >= 15 is 0 Å². The van der Waals surface area contributed by atoms with E-state index in [9.17, 15) is 26.2 Å². The number of alkyl halides is 3. The molecule has 0 aromatic heterocycles. The summed E-state index contributed by atoms with van der Waals surface area (Å²) in [6.07, 6.45) is -0.671. The van der Waals surface area contributed by atoms with Gasteiger partial charge in [0.05, 0.1) is 0 Å². The van der Waals surface area contributed by atoms with Crippen LogP contribution in [0.3, 0.4) is 0 Å². The van der Waals surface area contributed by atoms with E-state index in [1.807, 2.05) is 0 Å². The lowest BCUT2D eigenvalue weighted by Gasteiger charge is -2.14. The zero-order chi connectivity index (χ0) is 12.3. The van der Waals surface area contributed by atoms with Crippen molar-refractivity contribution in [1.29, 1.82) is 0 Å². The summed E-state index contributed by atoms with van der Waals surface area (Å²) in [6.45, 7) is 3.02. The first-order chi connectivity index (χ1) is 6.58. The summed E-state index contributed by atoms with van der Waals surface area (Å²) in [5, 5.41) is 0. The second-order valence-electron chi connectivity index (χ2n) is 2.84. The van der Waals surface area contributed by atoms with Crippen LogP contribution in [0.15, 0.2) is 0 Å². The summed E-state index contributed by atoms with van der Waals surface area (Å²) in [4.78, 5) is 0. The fraction of sp³-hybridized carbons (Fsp3) is 1.00. The molecule has 0 rings (SSSR count). The van der Waals surface area contributed by atoms with E-state index in [4.69, 9.17) is 0 Å². The maximum absolute atomic E-state index is 11.8. The predicted molar refractivity (Wildman–Crippen MR) is 49.6 cm³/mol. The molecule has 0 aliphatic rings. The minimum Gasteiger partial charge on any atom is -0.321 e. The van der Waals surface area contributed by atoms with E-state index in [1.165, 1.54) is 13.8 Å². The van der Waals surface area contributed by atoms with Gasteiger partial charge >= 0.3 is 15.6 Å². The summed E-state index contributed by atoms with van der Waals surface area (Å²) in [5.41, 5.74) is -5.46. The van der Waals surface area contributed by atoms with Crippen LogP contribution in [-0.2, 0) is 18.9 Å². The number of rotatable bonds is 5. The first-order valence-electron chi connectivity index (χ1n) is 4.11. The normalized spacial score (nSPS) is 14.2. The highest BCUT2D eigenvalue weighted by Gasteiger charge is 2.48. The van der Waals surface area contributed by atoms with E-state index < -0.39 is 29.1 Å². The Morgan fingerprint density at radius 2 is 1.60 bits per heavy atom. The van der Waals surface area contributed by atoms with Crippen LogP contribution in [0, 0.1) is 0 Å². The SMILES string of the molecule is CCP(=O)(CC)COS(=O)(=O)C(F)(F)F. The molecule has 0 fully saturated rings. The van der Waals surface area contributed by atoms with Crippen LogP contribution in [0.4, 0.5) is 13.2 Å². The van der Waals surface area contributed by atoms with E-state index in [2.05, 4.69) is 4.18 Å².